The first-order valence-corrected chi connectivity index (χ1v) is 11.4. The second-order valence-electron chi connectivity index (χ2n) is 7.64. The second kappa shape index (κ2) is 9.08. The maximum Gasteiger partial charge on any atom is 0.175 e. The summed E-state index contributed by atoms with van der Waals surface area (Å²) in [6.45, 7) is 0.723. The maximum absolute atomic E-state index is 6.57. The number of fused-ring (bicyclic) bond motifs is 2. The molecule has 1 aliphatic heterocycles. The Kier molecular flexibility index (Phi) is 5.86. The molecular weight excluding hydrogens is 417 g/mol. The monoisotopic (exact) mass is 439 g/mol. The third-order valence-corrected chi connectivity index (χ3v) is 6.58. The van der Waals surface area contributed by atoms with E-state index in [1.165, 1.54) is 26.0 Å². The van der Waals surface area contributed by atoms with Crippen molar-refractivity contribution in [3.05, 3.63) is 78.6 Å². The van der Waals surface area contributed by atoms with Crippen LogP contribution in [0.4, 0.5) is 11.4 Å². The lowest BCUT2D eigenvalue weighted by Crippen LogP contribution is -2.25. The van der Waals surface area contributed by atoms with Gasteiger partial charge in [-0.15, -0.1) is 15.0 Å². The Morgan fingerprint density at radius 2 is 1.59 bits per heavy atom. The van der Waals surface area contributed by atoms with Crippen molar-refractivity contribution >= 4 is 31.0 Å². The van der Waals surface area contributed by atoms with Crippen LogP contribution in [0.2, 0.25) is 5.82 Å². The molecule has 0 saturated carbocycles. The number of hydrogen-bond donors (Lipinski definition) is 0. The molecule has 0 amide bonds. The molecule has 4 aromatic rings. The summed E-state index contributed by atoms with van der Waals surface area (Å²) in [6, 6.07) is 24.5. The number of ether oxygens (including phenoxy) is 1. The number of nitrogens with zero attached hydrogens (tertiary/aromatic N) is 5. The SMILES string of the molecule is [B]C(CCc1nnn(-c2ccc(OC)cc2)n1)CN1c2ccccc2Sc2ccccc21. The molecule has 1 unspecified atom stereocenters. The van der Waals surface area contributed by atoms with Crippen LogP contribution in [0, 0.1) is 0 Å². The maximum atomic E-state index is 6.57. The summed E-state index contributed by atoms with van der Waals surface area (Å²) in [5, 5.41) is 12.9. The minimum Gasteiger partial charge on any atom is -0.497 e. The van der Waals surface area contributed by atoms with Crippen LogP contribution in [0.3, 0.4) is 0 Å². The molecule has 1 aromatic heterocycles. The van der Waals surface area contributed by atoms with Crippen LogP contribution >= 0.6 is 11.8 Å². The molecule has 0 bridgehead atoms. The van der Waals surface area contributed by atoms with Gasteiger partial charge in [-0.3, -0.25) is 0 Å². The predicted octanol–water partition coefficient (Wildman–Crippen LogP) is 4.86. The highest BCUT2D eigenvalue weighted by Crippen LogP contribution is 2.48. The number of para-hydroxylation sites is 2. The Bertz CT molecular complexity index is 1170. The average Bonchev–Trinajstić information content (AvgIpc) is 3.32. The third-order valence-electron chi connectivity index (χ3n) is 5.45. The third kappa shape index (κ3) is 4.23. The van der Waals surface area contributed by atoms with Gasteiger partial charge in [0.1, 0.15) is 5.75 Å². The summed E-state index contributed by atoms with van der Waals surface area (Å²) < 4.78 is 5.20. The molecule has 0 saturated heterocycles. The fraction of sp³-hybridized carbons (Fsp3) is 0.208. The van der Waals surface area contributed by atoms with E-state index < -0.39 is 0 Å². The van der Waals surface area contributed by atoms with E-state index in [1.807, 2.05) is 24.3 Å². The van der Waals surface area contributed by atoms with Crippen molar-refractivity contribution in [2.45, 2.75) is 28.4 Å². The van der Waals surface area contributed by atoms with Gasteiger partial charge in [0.2, 0.25) is 0 Å². The lowest BCUT2D eigenvalue weighted by Gasteiger charge is -2.34. The highest BCUT2D eigenvalue weighted by atomic mass is 32.2. The van der Waals surface area contributed by atoms with Gasteiger partial charge in [-0.05, 0) is 60.2 Å². The van der Waals surface area contributed by atoms with E-state index in [-0.39, 0.29) is 5.82 Å². The van der Waals surface area contributed by atoms with E-state index in [9.17, 15) is 0 Å². The molecule has 8 heteroatoms. The van der Waals surface area contributed by atoms with Gasteiger partial charge in [0.05, 0.1) is 32.0 Å². The van der Waals surface area contributed by atoms with Crippen molar-refractivity contribution in [1.29, 1.82) is 0 Å². The zero-order valence-corrected chi connectivity index (χ0v) is 18.6. The molecule has 2 heterocycles. The number of anilines is 2. The minimum absolute atomic E-state index is 0.0350. The van der Waals surface area contributed by atoms with E-state index in [2.05, 4.69) is 68.8 Å². The van der Waals surface area contributed by atoms with Crippen LogP contribution < -0.4 is 9.64 Å². The number of methoxy groups -OCH3 is 1. The van der Waals surface area contributed by atoms with Crippen molar-refractivity contribution in [2.75, 3.05) is 18.6 Å². The first kappa shape index (κ1) is 20.6. The zero-order valence-electron chi connectivity index (χ0n) is 17.8. The van der Waals surface area contributed by atoms with Gasteiger partial charge in [0.25, 0.3) is 0 Å². The van der Waals surface area contributed by atoms with Gasteiger partial charge >= 0.3 is 0 Å². The lowest BCUT2D eigenvalue weighted by molar-refractivity contribution is 0.414. The Morgan fingerprint density at radius 3 is 2.25 bits per heavy atom. The number of aromatic nitrogens is 4. The number of aryl methyl sites for hydroxylation is 1. The molecule has 0 aliphatic carbocycles. The van der Waals surface area contributed by atoms with Gasteiger partial charge < -0.3 is 9.64 Å². The molecule has 1 atom stereocenters. The molecule has 0 N–H and O–H groups in total. The molecule has 0 fully saturated rings. The first-order valence-electron chi connectivity index (χ1n) is 10.5. The fourth-order valence-electron chi connectivity index (χ4n) is 3.79. The van der Waals surface area contributed by atoms with E-state index in [0.29, 0.717) is 12.2 Å². The summed E-state index contributed by atoms with van der Waals surface area (Å²) in [5.74, 6) is 1.44. The summed E-state index contributed by atoms with van der Waals surface area (Å²) in [5.41, 5.74) is 3.25. The molecule has 158 valence electrons. The van der Waals surface area contributed by atoms with Crippen LogP contribution in [0.25, 0.3) is 5.69 Å². The molecule has 6 nitrogen and oxygen atoms in total. The molecule has 1 aliphatic rings. The topological polar surface area (TPSA) is 56.1 Å². The first-order chi connectivity index (χ1) is 15.7. The van der Waals surface area contributed by atoms with Crippen molar-refractivity contribution < 1.29 is 4.74 Å². The van der Waals surface area contributed by atoms with Crippen molar-refractivity contribution in [1.82, 2.24) is 20.2 Å². The predicted molar refractivity (Wildman–Crippen MR) is 128 cm³/mol. The average molecular weight is 439 g/mol. The summed E-state index contributed by atoms with van der Waals surface area (Å²) in [7, 11) is 8.21. The van der Waals surface area contributed by atoms with Crippen LogP contribution in [-0.4, -0.2) is 41.7 Å². The number of tetrazole rings is 1. The molecule has 2 radical (unpaired) electrons. The molecule has 32 heavy (non-hydrogen) atoms. The minimum atomic E-state index is -0.0350. The quantitative estimate of drug-likeness (QED) is 0.383. The highest BCUT2D eigenvalue weighted by molar-refractivity contribution is 7.99. The van der Waals surface area contributed by atoms with E-state index in [4.69, 9.17) is 12.6 Å². The summed E-state index contributed by atoms with van der Waals surface area (Å²) >= 11 is 1.81. The number of rotatable bonds is 7. The molecule has 3 aromatic carbocycles. The lowest BCUT2D eigenvalue weighted by atomic mass is 9.82. The Morgan fingerprint density at radius 1 is 0.938 bits per heavy atom. The Labute approximate surface area is 193 Å². The van der Waals surface area contributed by atoms with Crippen molar-refractivity contribution in [2.24, 2.45) is 0 Å². The number of benzene rings is 3. The summed E-state index contributed by atoms with van der Waals surface area (Å²) in [4.78, 5) is 6.37. The van der Waals surface area contributed by atoms with Gasteiger partial charge in [-0.25, -0.2) is 0 Å². The normalized spacial score (nSPS) is 13.3. The van der Waals surface area contributed by atoms with Gasteiger partial charge in [-0.1, -0.05) is 41.8 Å². The van der Waals surface area contributed by atoms with Crippen LogP contribution in [0.1, 0.15) is 12.2 Å². The standard InChI is InChI=1S/C24H22BN5OS/c1-31-19-13-11-18(12-14-19)30-27-24(26-28-30)15-10-17(25)16-29-20-6-2-4-8-22(20)32-23-9-5-3-7-21(23)29/h2-9,11-14,17H,10,15-16H2,1H3. The van der Waals surface area contributed by atoms with E-state index >= 15 is 0 Å². The summed E-state index contributed by atoms with van der Waals surface area (Å²) in [6.07, 6.45) is 1.44. The van der Waals surface area contributed by atoms with Gasteiger partial charge in [0.15, 0.2) is 5.82 Å². The van der Waals surface area contributed by atoms with Crippen molar-refractivity contribution in [3.63, 3.8) is 0 Å². The zero-order chi connectivity index (χ0) is 21.9. The van der Waals surface area contributed by atoms with Crippen LogP contribution in [0.5, 0.6) is 5.75 Å². The Balaban J connectivity index is 1.26. The molecular formula is C24H22BN5OS. The van der Waals surface area contributed by atoms with E-state index in [0.717, 1.165) is 24.4 Å². The van der Waals surface area contributed by atoms with Gasteiger partial charge in [-0.2, -0.15) is 0 Å². The number of hydrogen-bond acceptors (Lipinski definition) is 6. The van der Waals surface area contributed by atoms with Crippen molar-refractivity contribution in [3.8, 4) is 11.4 Å². The second-order valence-corrected chi connectivity index (χ2v) is 8.72. The fourth-order valence-corrected chi connectivity index (χ4v) is 4.88. The van der Waals surface area contributed by atoms with Crippen LogP contribution in [0.15, 0.2) is 82.6 Å². The van der Waals surface area contributed by atoms with E-state index in [1.54, 1.807) is 18.9 Å². The molecule has 5 rings (SSSR count). The van der Waals surface area contributed by atoms with Gasteiger partial charge in [0, 0.05) is 22.8 Å². The molecule has 0 spiro atoms. The smallest absolute Gasteiger partial charge is 0.175 e. The highest BCUT2D eigenvalue weighted by Gasteiger charge is 2.24. The Hall–Kier alpha value is -3.26. The van der Waals surface area contributed by atoms with Crippen LogP contribution in [-0.2, 0) is 6.42 Å². The largest absolute Gasteiger partial charge is 0.497 e.